The fourth-order valence-electron chi connectivity index (χ4n) is 5.28. The molecule has 3 heteroatoms. The average molecular weight is 491 g/mol. The van der Waals surface area contributed by atoms with Crippen molar-refractivity contribution in [3.05, 3.63) is 72.3 Å². The number of ether oxygens (including phenoxy) is 2. The van der Waals surface area contributed by atoms with Gasteiger partial charge in [0, 0.05) is 0 Å². The van der Waals surface area contributed by atoms with Gasteiger partial charge in [0.25, 0.3) is 0 Å². The van der Waals surface area contributed by atoms with Crippen LogP contribution < -0.4 is 9.47 Å². The van der Waals surface area contributed by atoms with Crippen LogP contribution in [0.1, 0.15) is 106 Å². The Morgan fingerprint density at radius 2 is 1.44 bits per heavy atom. The van der Waals surface area contributed by atoms with E-state index in [2.05, 4.69) is 25.6 Å². The molecule has 1 fully saturated rings. The SMILES string of the molecule is C=CCCCCCCCOc1ccc(C(=O)Oc2ccc(CCC3CCC(CCC)CC3)cc2)cc1. The number of unbranched alkanes of at least 4 members (excludes halogenated alkanes) is 5. The monoisotopic (exact) mass is 490 g/mol. The highest BCUT2D eigenvalue weighted by molar-refractivity contribution is 5.91. The number of carbonyl (C=O) groups is 1. The van der Waals surface area contributed by atoms with E-state index < -0.39 is 0 Å². The van der Waals surface area contributed by atoms with Crippen molar-refractivity contribution in [1.82, 2.24) is 0 Å². The molecular formula is C33H46O3. The molecule has 2 aromatic rings. The second-order valence-corrected chi connectivity index (χ2v) is 10.5. The minimum atomic E-state index is -0.335. The molecule has 1 aliphatic carbocycles. The summed E-state index contributed by atoms with van der Waals surface area (Å²) in [6.07, 6.45) is 19.8. The predicted molar refractivity (Wildman–Crippen MR) is 150 cm³/mol. The van der Waals surface area contributed by atoms with Crippen LogP contribution in [0.5, 0.6) is 11.5 Å². The maximum atomic E-state index is 12.6. The van der Waals surface area contributed by atoms with Crippen LogP contribution in [0.25, 0.3) is 0 Å². The van der Waals surface area contributed by atoms with Crippen LogP contribution >= 0.6 is 0 Å². The lowest BCUT2D eigenvalue weighted by atomic mass is 9.78. The number of esters is 1. The largest absolute Gasteiger partial charge is 0.494 e. The van der Waals surface area contributed by atoms with Crippen LogP contribution in [0, 0.1) is 11.8 Å². The molecule has 0 radical (unpaired) electrons. The van der Waals surface area contributed by atoms with Crippen molar-refractivity contribution in [3.63, 3.8) is 0 Å². The van der Waals surface area contributed by atoms with E-state index in [1.165, 1.54) is 76.2 Å². The van der Waals surface area contributed by atoms with Crippen LogP contribution in [0.4, 0.5) is 0 Å². The van der Waals surface area contributed by atoms with Gasteiger partial charge in [-0.2, -0.15) is 0 Å². The number of allylic oxidation sites excluding steroid dienone is 1. The topological polar surface area (TPSA) is 35.5 Å². The third-order valence-electron chi connectivity index (χ3n) is 7.55. The molecule has 36 heavy (non-hydrogen) atoms. The van der Waals surface area contributed by atoms with E-state index in [4.69, 9.17) is 9.47 Å². The fourth-order valence-corrected chi connectivity index (χ4v) is 5.28. The summed E-state index contributed by atoms with van der Waals surface area (Å²) >= 11 is 0. The summed E-state index contributed by atoms with van der Waals surface area (Å²) in [6.45, 7) is 6.77. The summed E-state index contributed by atoms with van der Waals surface area (Å²) in [5.41, 5.74) is 1.86. The first-order valence-electron chi connectivity index (χ1n) is 14.3. The van der Waals surface area contributed by atoms with E-state index >= 15 is 0 Å². The van der Waals surface area contributed by atoms with Crippen molar-refractivity contribution in [1.29, 1.82) is 0 Å². The minimum absolute atomic E-state index is 0.335. The van der Waals surface area contributed by atoms with Gasteiger partial charge < -0.3 is 9.47 Å². The highest BCUT2D eigenvalue weighted by Gasteiger charge is 2.20. The molecular weight excluding hydrogens is 444 g/mol. The van der Waals surface area contributed by atoms with E-state index in [1.807, 2.05) is 30.3 Å². The molecule has 0 aliphatic heterocycles. The standard InChI is InChI=1S/C33H46O3/c1-3-5-6-7-8-9-10-26-35-31-24-20-30(21-25-31)33(34)36-32-22-18-29(19-23-32)17-16-28-14-12-27(11-4-2)13-15-28/h3,18-25,27-28H,1,4-17,26H2,2H3. The van der Waals surface area contributed by atoms with Gasteiger partial charge in [0.2, 0.25) is 0 Å². The molecule has 196 valence electrons. The summed E-state index contributed by atoms with van der Waals surface area (Å²) in [7, 11) is 0. The third kappa shape index (κ3) is 10.2. The van der Waals surface area contributed by atoms with Crippen LogP contribution in [0.15, 0.2) is 61.2 Å². The molecule has 3 rings (SSSR count). The Balaban J connectivity index is 1.33. The molecule has 0 atom stereocenters. The van der Waals surface area contributed by atoms with Crippen molar-refractivity contribution >= 4 is 5.97 Å². The molecule has 0 spiro atoms. The van der Waals surface area contributed by atoms with Crippen LogP contribution in [0.3, 0.4) is 0 Å². The van der Waals surface area contributed by atoms with E-state index in [0.29, 0.717) is 17.9 Å². The quantitative estimate of drug-likeness (QED) is 0.102. The first-order chi connectivity index (χ1) is 17.7. The maximum absolute atomic E-state index is 12.6. The zero-order chi connectivity index (χ0) is 25.4. The minimum Gasteiger partial charge on any atom is -0.494 e. The summed E-state index contributed by atoms with van der Waals surface area (Å²) in [5.74, 6) is 2.89. The van der Waals surface area contributed by atoms with Crippen molar-refractivity contribution in [2.45, 2.75) is 96.8 Å². The summed E-state index contributed by atoms with van der Waals surface area (Å²) < 4.78 is 11.4. The van der Waals surface area contributed by atoms with Crippen LogP contribution in [0.2, 0.25) is 0 Å². The molecule has 3 nitrogen and oxygen atoms in total. The number of hydrogen-bond acceptors (Lipinski definition) is 3. The Hall–Kier alpha value is -2.55. The number of benzene rings is 2. The van der Waals surface area contributed by atoms with E-state index in [-0.39, 0.29) is 5.97 Å². The molecule has 0 saturated heterocycles. The second-order valence-electron chi connectivity index (χ2n) is 10.5. The van der Waals surface area contributed by atoms with Crippen molar-refractivity contribution < 1.29 is 14.3 Å². The lowest BCUT2D eigenvalue weighted by Gasteiger charge is -2.28. The first kappa shape index (κ1) is 28.0. The van der Waals surface area contributed by atoms with E-state index in [9.17, 15) is 4.79 Å². The van der Waals surface area contributed by atoms with Crippen molar-refractivity contribution in [3.8, 4) is 11.5 Å². The van der Waals surface area contributed by atoms with Gasteiger partial charge in [0.05, 0.1) is 12.2 Å². The van der Waals surface area contributed by atoms with Gasteiger partial charge >= 0.3 is 5.97 Å². The highest BCUT2D eigenvalue weighted by atomic mass is 16.5. The Morgan fingerprint density at radius 1 is 0.833 bits per heavy atom. The van der Waals surface area contributed by atoms with Gasteiger partial charge in [-0.1, -0.05) is 82.9 Å². The zero-order valence-corrected chi connectivity index (χ0v) is 22.4. The third-order valence-corrected chi connectivity index (χ3v) is 7.55. The summed E-state index contributed by atoms with van der Waals surface area (Å²) in [6, 6.07) is 15.3. The number of carbonyl (C=O) groups excluding carboxylic acids is 1. The van der Waals surface area contributed by atoms with Gasteiger partial charge in [-0.15, -0.1) is 6.58 Å². The van der Waals surface area contributed by atoms with Crippen molar-refractivity contribution in [2.24, 2.45) is 11.8 Å². The Labute approximate surface area is 219 Å². The Morgan fingerprint density at radius 3 is 2.11 bits per heavy atom. The normalized spacial score (nSPS) is 17.5. The molecule has 0 N–H and O–H groups in total. The van der Waals surface area contributed by atoms with E-state index in [0.717, 1.165) is 36.8 Å². The Kier molecular flexibility index (Phi) is 12.6. The fraction of sp³-hybridized carbons (Fsp3) is 0.545. The Bertz CT molecular complexity index is 876. The second kappa shape index (κ2) is 16.2. The van der Waals surface area contributed by atoms with Gasteiger partial charge in [-0.05, 0) is 85.9 Å². The van der Waals surface area contributed by atoms with Crippen LogP contribution in [-0.2, 0) is 6.42 Å². The summed E-state index contributed by atoms with van der Waals surface area (Å²) in [5, 5.41) is 0. The maximum Gasteiger partial charge on any atom is 0.343 e. The number of aryl methyl sites for hydroxylation is 1. The number of hydrogen-bond donors (Lipinski definition) is 0. The zero-order valence-electron chi connectivity index (χ0n) is 22.4. The molecule has 1 aliphatic rings. The van der Waals surface area contributed by atoms with Gasteiger partial charge in [0.15, 0.2) is 0 Å². The van der Waals surface area contributed by atoms with E-state index in [1.54, 1.807) is 12.1 Å². The van der Waals surface area contributed by atoms with Gasteiger partial charge in [-0.25, -0.2) is 4.79 Å². The highest BCUT2D eigenvalue weighted by Crippen LogP contribution is 2.34. The molecule has 0 bridgehead atoms. The molecule has 1 saturated carbocycles. The first-order valence-corrected chi connectivity index (χ1v) is 14.3. The van der Waals surface area contributed by atoms with Crippen molar-refractivity contribution in [2.75, 3.05) is 6.61 Å². The molecule has 0 unspecified atom stereocenters. The van der Waals surface area contributed by atoms with Gasteiger partial charge in [0.1, 0.15) is 11.5 Å². The predicted octanol–water partition coefficient (Wildman–Crippen LogP) is 9.35. The number of rotatable bonds is 16. The summed E-state index contributed by atoms with van der Waals surface area (Å²) in [4.78, 5) is 12.6. The van der Waals surface area contributed by atoms with Gasteiger partial charge in [-0.3, -0.25) is 0 Å². The molecule has 2 aromatic carbocycles. The lowest BCUT2D eigenvalue weighted by Crippen LogP contribution is -2.15. The van der Waals surface area contributed by atoms with Crippen LogP contribution in [-0.4, -0.2) is 12.6 Å². The smallest absolute Gasteiger partial charge is 0.343 e. The lowest BCUT2D eigenvalue weighted by molar-refractivity contribution is 0.0734. The molecule has 0 amide bonds. The molecule has 0 aromatic heterocycles. The molecule has 0 heterocycles. The average Bonchev–Trinajstić information content (AvgIpc) is 2.91.